The molecule has 1 aliphatic carbocycles. The van der Waals surface area contributed by atoms with Crippen molar-refractivity contribution >= 4 is 5.82 Å². The molecule has 4 nitrogen and oxygen atoms in total. The molecule has 3 heterocycles. The Kier molecular flexibility index (Phi) is 3.82. The van der Waals surface area contributed by atoms with Crippen molar-refractivity contribution in [3.63, 3.8) is 0 Å². The van der Waals surface area contributed by atoms with Gasteiger partial charge in [0.05, 0.1) is 0 Å². The van der Waals surface area contributed by atoms with Crippen LogP contribution in [0.1, 0.15) is 25.5 Å². The predicted octanol–water partition coefficient (Wildman–Crippen LogP) is 3.50. The molecule has 0 aromatic carbocycles. The van der Waals surface area contributed by atoms with E-state index in [9.17, 15) is 0 Å². The van der Waals surface area contributed by atoms with E-state index in [1.165, 1.54) is 12.8 Å². The Labute approximate surface area is 137 Å². The average molecular weight is 306 g/mol. The average Bonchev–Trinajstić information content (AvgIpc) is 3.06. The van der Waals surface area contributed by atoms with Crippen molar-refractivity contribution in [2.45, 2.75) is 26.2 Å². The zero-order chi connectivity index (χ0) is 15.6. The highest BCUT2D eigenvalue weighted by Gasteiger charge is 2.33. The summed E-state index contributed by atoms with van der Waals surface area (Å²) in [6.07, 6.45) is 11.6. The first-order valence-corrected chi connectivity index (χ1v) is 8.52. The Morgan fingerprint density at radius 2 is 1.74 bits per heavy atom. The summed E-state index contributed by atoms with van der Waals surface area (Å²) in [5, 5.41) is 0. The Bertz CT molecular complexity index is 695. The molecule has 0 amide bonds. The van der Waals surface area contributed by atoms with Gasteiger partial charge in [0, 0.05) is 42.8 Å². The van der Waals surface area contributed by atoms with Crippen molar-refractivity contribution < 1.29 is 0 Å². The summed E-state index contributed by atoms with van der Waals surface area (Å²) in [5.41, 5.74) is 2.14. The summed E-state index contributed by atoms with van der Waals surface area (Å²) >= 11 is 0. The van der Waals surface area contributed by atoms with Gasteiger partial charge in [0.2, 0.25) is 0 Å². The lowest BCUT2D eigenvalue weighted by Gasteiger charge is -2.19. The van der Waals surface area contributed by atoms with Crippen molar-refractivity contribution in [1.82, 2.24) is 15.0 Å². The number of hydrogen-bond donors (Lipinski definition) is 0. The van der Waals surface area contributed by atoms with Crippen molar-refractivity contribution in [1.29, 1.82) is 0 Å². The van der Waals surface area contributed by atoms with Gasteiger partial charge in [0.25, 0.3) is 0 Å². The van der Waals surface area contributed by atoms with Crippen LogP contribution < -0.4 is 4.90 Å². The van der Waals surface area contributed by atoms with E-state index in [4.69, 9.17) is 9.97 Å². The quantitative estimate of drug-likeness (QED) is 0.814. The molecule has 0 radical (unpaired) electrons. The SMILES string of the molecule is CCc1cc(N2CC3CC=CCC3C2)nc(-c2ccncc2)n1. The second-order valence-electron chi connectivity index (χ2n) is 6.50. The number of aromatic nitrogens is 3. The normalized spacial score (nSPS) is 23.1. The van der Waals surface area contributed by atoms with Gasteiger partial charge in [0.1, 0.15) is 5.82 Å². The number of allylic oxidation sites excluding steroid dienone is 2. The van der Waals surface area contributed by atoms with Gasteiger partial charge in [-0.15, -0.1) is 0 Å². The molecule has 0 bridgehead atoms. The van der Waals surface area contributed by atoms with Crippen molar-refractivity contribution in [3.05, 3.63) is 48.4 Å². The van der Waals surface area contributed by atoms with E-state index in [2.05, 4.69) is 35.0 Å². The van der Waals surface area contributed by atoms with Gasteiger partial charge in [-0.05, 0) is 43.2 Å². The summed E-state index contributed by atoms with van der Waals surface area (Å²) in [4.78, 5) is 16.1. The van der Waals surface area contributed by atoms with Crippen LogP contribution in [0.15, 0.2) is 42.7 Å². The maximum atomic E-state index is 4.86. The van der Waals surface area contributed by atoms with Gasteiger partial charge in [-0.2, -0.15) is 0 Å². The third-order valence-electron chi connectivity index (χ3n) is 5.01. The molecule has 2 unspecified atom stereocenters. The van der Waals surface area contributed by atoms with Gasteiger partial charge in [-0.1, -0.05) is 19.1 Å². The molecule has 2 aromatic rings. The molecule has 1 fully saturated rings. The van der Waals surface area contributed by atoms with Crippen LogP contribution in [0.5, 0.6) is 0 Å². The van der Waals surface area contributed by atoms with Gasteiger partial charge in [0.15, 0.2) is 5.82 Å². The molecule has 23 heavy (non-hydrogen) atoms. The van der Waals surface area contributed by atoms with Gasteiger partial charge >= 0.3 is 0 Å². The Balaban J connectivity index is 1.66. The zero-order valence-electron chi connectivity index (χ0n) is 13.5. The number of anilines is 1. The second kappa shape index (κ2) is 6.11. The summed E-state index contributed by atoms with van der Waals surface area (Å²) in [6.45, 7) is 4.38. The molecule has 1 saturated heterocycles. The lowest BCUT2D eigenvalue weighted by atomic mass is 9.86. The van der Waals surface area contributed by atoms with E-state index in [1.54, 1.807) is 12.4 Å². The topological polar surface area (TPSA) is 41.9 Å². The summed E-state index contributed by atoms with van der Waals surface area (Å²) in [7, 11) is 0. The molecule has 1 aliphatic heterocycles. The van der Waals surface area contributed by atoms with E-state index < -0.39 is 0 Å². The number of pyridine rings is 1. The maximum Gasteiger partial charge on any atom is 0.161 e. The van der Waals surface area contributed by atoms with Crippen LogP contribution >= 0.6 is 0 Å². The lowest BCUT2D eigenvalue weighted by molar-refractivity contribution is 0.411. The highest BCUT2D eigenvalue weighted by Crippen LogP contribution is 2.35. The van der Waals surface area contributed by atoms with Gasteiger partial charge in [-0.3, -0.25) is 4.98 Å². The predicted molar refractivity (Wildman–Crippen MR) is 92.2 cm³/mol. The van der Waals surface area contributed by atoms with Gasteiger partial charge in [-0.25, -0.2) is 9.97 Å². The Hall–Kier alpha value is -2.23. The Morgan fingerprint density at radius 3 is 2.39 bits per heavy atom. The van der Waals surface area contributed by atoms with Crippen LogP contribution in [0, 0.1) is 11.8 Å². The smallest absolute Gasteiger partial charge is 0.161 e. The molecule has 0 N–H and O–H groups in total. The highest BCUT2D eigenvalue weighted by atomic mass is 15.2. The fourth-order valence-corrected chi connectivity index (χ4v) is 3.66. The fourth-order valence-electron chi connectivity index (χ4n) is 3.66. The molecule has 2 atom stereocenters. The van der Waals surface area contributed by atoms with Crippen LogP contribution in [0.25, 0.3) is 11.4 Å². The highest BCUT2D eigenvalue weighted by molar-refractivity contribution is 5.57. The molecular weight excluding hydrogens is 284 g/mol. The Morgan fingerprint density at radius 1 is 1.04 bits per heavy atom. The number of rotatable bonds is 3. The first-order chi connectivity index (χ1) is 11.3. The van der Waals surface area contributed by atoms with E-state index >= 15 is 0 Å². The molecule has 118 valence electrons. The van der Waals surface area contributed by atoms with Crippen LogP contribution in [0.3, 0.4) is 0 Å². The minimum absolute atomic E-state index is 0.782. The van der Waals surface area contributed by atoms with Crippen LogP contribution in [-0.2, 0) is 6.42 Å². The molecule has 4 heteroatoms. The molecule has 2 aliphatic rings. The third kappa shape index (κ3) is 2.85. The first kappa shape index (κ1) is 14.4. The van der Waals surface area contributed by atoms with Gasteiger partial charge < -0.3 is 4.90 Å². The monoisotopic (exact) mass is 306 g/mol. The van der Waals surface area contributed by atoms with Crippen LogP contribution in [0.2, 0.25) is 0 Å². The van der Waals surface area contributed by atoms with E-state index in [-0.39, 0.29) is 0 Å². The van der Waals surface area contributed by atoms with Crippen molar-refractivity contribution in [2.75, 3.05) is 18.0 Å². The number of nitrogens with zero attached hydrogens (tertiary/aromatic N) is 4. The zero-order valence-corrected chi connectivity index (χ0v) is 13.5. The van der Waals surface area contributed by atoms with Crippen LogP contribution in [-0.4, -0.2) is 28.0 Å². The molecule has 0 saturated carbocycles. The second-order valence-corrected chi connectivity index (χ2v) is 6.50. The van der Waals surface area contributed by atoms with E-state index in [0.717, 1.165) is 54.2 Å². The molecule has 4 rings (SSSR count). The summed E-state index contributed by atoms with van der Waals surface area (Å²) in [6, 6.07) is 6.12. The minimum atomic E-state index is 0.782. The molecule has 0 spiro atoms. The van der Waals surface area contributed by atoms with E-state index in [0.29, 0.717) is 0 Å². The lowest BCUT2D eigenvalue weighted by Crippen LogP contribution is -2.21. The molecule has 2 aromatic heterocycles. The summed E-state index contributed by atoms with van der Waals surface area (Å²) < 4.78 is 0. The van der Waals surface area contributed by atoms with Crippen LogP contribution in [0.4, 0.5) is 5.82 Å². The number of hydrogen-bond acceptors (Lipinski definition) is 4. The summed E-state index contributed by atoms with van der Waals surface area (Å²) in [5.74, 6) is 3.46. The number of fused-ring (bicyclic) bond motifs is 1. The standard InChI is InChI=1S/C19H22N4/c1-2-17-11-18(22-19(21-17)14-7-9-20-10-8-14)23-12-15-5-3-4-6-16(15)13-23/h3-4,7-11,15-16H,2,5-6,12-13H2,1H3. The first-order valence-electron chi connectivity index (χ1n) is 8.52. The fraction of sp³-hybridized carbons (Fsp3) is 0.421. The van der Waals surface area contributed by atoms with E-state index in [1.807, 2.05) is 12.1 Å². The van der Waals surface area contributed by atoms with Crippen molar-refractivity contribution in [3.8, 4) is 11.4 Å². The minimum Gasteiger partial charge on any atom is -0.356 e. The number of aryl methyl sites for hydroxylation is 1. The third-order valence-corrected chi connectivity index (χ3v) is 5.01. The largest absolute Gasteiger partial charge is 0.356 e. The maximum absolute atomic E-state index is 4.86. The van der Waals surface area contributed by atoms with Crippen molar-refractivity contribution in [2.24, 2.45) is 11.8 Å². The molecular formula is C19H22N4.